The van der Waals surface area contributed by atoms with Crippen molar-refractivity contribution in [1.29, 1.82) is 0 Å². The zero-order chi connectivity index (χ0) is 20.3. The summed E-state index contributed by atoms with van der Waals surface area (Å²) in [5, 5.41) is 5.61. The van der Waals surface area contributed by atoms with E-state index in [9.17, 15) is 9.59 Å². The number of carbonyl (C=O) groups is 2. The first-order chi connectivity index (χ1) is 13.3. The summed E-state index contributed by atoms with van der Waals surface area (Å²) in [5.41, 5.74) is 5.02. The van der Waals surface area contributed by atoms with Gasteiger partial charge in [0.15, 0.2) is 5.17 Å². The predicted molar refractivity (Wildman–Crippen MR) is 116 cm³/mol. The number of benzene rings is 2. The Kier molecular flexibility index (Phi) is 6.19. The minimum absolute atomic E-state index is 0.131. The van der Waals surface area contributed by atoms with E-state index in [0.29, 0.717) is 11.1 Å². The van der Waals surface area contributed by atoms with Crippen molar-refractivity contribution in [2.75, 3.05) is 5.32 Å². The Bertz CT molecular complexity index is 920. The molecule has 1 heterocycles. The topological polar surface area (TPSA) is 70.6 Å². The summed E-state index contributed by atoms with van der Waals surface area (Å²) in [4.78, 5) is 29.3. The average Bonchev–Trinajstić information content (AvgIpc) is 2.64. The minimum atomic E-state index is -0.510. The van der Waals surface area contributed by atoms with Gasteiger partial charge in [0.25, 0.3) is 0 Å². The summed E-state index contributed by atoms with van der Waals surface area (Å²) in [5.74, 6) is 0.0492. The normalized spacial score (nSPS) is 18.2. The Hall–Kier alpha value is -2.60. The molecule has 0 aromatic heterocycles. The highest BCUT2D eigenvalue weighted by Crippen LogP contribution is 2.26. The lowest BCUT2D eigenvalue weighted by Gasteiger charge is -2.22. The molecule has 0 saturated carbocycles. The van der Waals surface area contributed by atoms with E-state index in [1.807, 2.05) is 56.3 Å². The number of carbonyl (C=O) groups excluding carboxylic acids is 2. The smallest absolute Gasteiger partial charge is 0.238 e. The number of rotatable bonds is 4. The van der Waals surface area contributed by atoms with Crippen LogP contribution in [0.15, 0.2) is 47.5 Å². The van der Waals surface area contributed by atoms with Crippen molar-refractivity contribution >= 4 is 40.1 Å². The van der Waals surface area contributed by atoms with E-state index in [2.05, 4.69) is 29.5 Å². The number of anilines is 1. The molecule has 2 amide bonds. The third-order valence-corrected chi connectivity index (χ3v) is 5.81. The van der Waals surface area contributed by atoms with Crippen LogP contribution < -0.4 is 10.6 Å². The molecule has 0 spiro atoms. The first kappa shape index (κ1) is 20.1. The molecule has 1 saturated heterocycles. The van der Waals surface area contributed by atoms with E-state index in [-0.39, 0.29) is 18.2 Å². The lowest BCUT2D eigenvalue weighted by atomic mass is 10.0. The largest absolute Gasteiger partial charge is 0.325 e. The zero-order valence-corrected chi connectivity index (χ0v) is 17.4. The maximum atomic E-state index is 12.7. The van der Waals surface area contributed by atoms with Crippen LogP contribution in [0.1, 0.15) is 42.9 Å². The number of aryl methyl sites for hydroxylation is 2. The van der Waals surface area contributed by atoms with Crippen LogP contribution in [0.25, 0.3) is 0 Å². The minimum Gasteiger partial charge on any atom is -0.325 e. The molecule has 0 radical (unpaired) electrons. The fraction of sp³-hybridized carbons (Fsp3) is 0.318. The number of nitrogens with one attached hydrogen (secondary N) is 2. The Balaban J connectivity index is 1.71. The molecule has 5 nitrogen and oxygen atoms in total. The van der Waals surface area contributed by atoms with E-state index >= 15 is 0 Å². The number of thioether (sulfide) groups is 1. The first-order valence-electron chi connectivity index (χ1n) is 9.35. The van der Waals surface area contributed by atoms with Gasteiger partial charge in [-0.2, -0.15) is 0 Å². The summed E-state index contributed by atoms with van der Waals surface area (Å²) in [7, 11) is 0. The highest BCUT2D eigenvalue weighted by Gasteiger charge is 2.30. The molecule has 0 unspecified atom stereocenters. The standard InChI is InChI=1S/C22H25N3O2S/c1-13(2)16-6-9-17(10-7-16)23-21(27)19-12-20(26)25-22(28-19)24-18-8-5-14(3)15(4)11-18/h5-11,13,19H,12H2,1-4H3,(H,23,27)(H,24,25,26)/t19-/m0/s1. The highest BCUT2D eigenvalue weighted by atomic mass is 32.2. The van der Waals surface area contributed by atoms with E-state index < -0.39 is 5.25 Å². The molecule has 146 valence electrons. The number of hydrogen-bond donors (Lipinski definition) is 2. The molecule has 2 aromatic rings. The second-order valence-electron chi connectivity index (χ2n) is 7.31. The van der Waals surface area contributed by atoms with E-state index in [4.69, 9.17) is 0 Å². The van der Waals surface area contributed by atoms with Gasteiger partial charge in [-0.15, -0.1) is 0 Å². The van der Waals surface area contributed by atoms with E-state index in [1.165, 1.54) is 22.9 Å². The Morgan fingerprint density at radius 2 is 1.86 bits per heavy atom. The van der Waals surface area contributed by atoms with Crippen molar-refractivity contribution in [3.05, 3.63) is 59.2 Å². The second kappa shape index (κ2) is 8.61. The molecular weight excluding hydrogens is 370 g/mol. The van der Waals surface area contributed by atoms with Crippen LogP contribution in [0.3, 0.4) is 0 Å². The lowest BCUT2D eigenvalue weighted by Crippen LogP contribution is -2.41. The third-order valence-electron chi connectivity index (χ3n) is 4.73. The van der Waals surface area contributed by atoms with Crippen LogP contribution in [-0.2, 0) is 9.59 Å². The summed E-state index contributed by atoms with van der Waals surface area (Å²) >= 11 is 1.28. The lowest BCUT2D eigenvalue weighted by molar-refractivity contribution is -0.123. The van der Waals surface area contributed by atoms with Gasteiger partial charge < -0.3 is 10.6 Å². The van der Waals surface area contributed by atoms with Crippen LogP contribution in [0.5, 0.6) is 0 Å². The van der Waals surface area contributed by atoms with Crippen LogP contribution in [0, 0.1) is 13.8 Å². The summed E-state index contributed by atoms with van der Waals surface area (Å²) < 4.78 is 0. The van der Waals surface area contributed by atoms with Gasteiger partial charge in [-0.1, -0.05) is 43.8 Å². The van der Waals surface area contributed by atoms with Gasteiger partial charge in [0.2, 0.25) is 11.8 Å². The van der Waals surface area contributed by atoms with Gasteiger partial charge in [0.1, 0.15) is 5.25 Å². The summed E-state index contributed by atoms with van der Waals surface area (Å²) in [6.45, 7) is 8.31. The van der Waals surface area contributed by atoms with Gasteiger partial charge in [-0.3, -0.25) is 9.59 Å². The average molecular weight is 396 g/mol. The van der Waals surface area contributed by atoms with E-state index in [1.54, 1.807) is 0 Å². The predicted octanol–water partition coefficient (Wildman–Crippen LogP) is 4.67. The molecule has 1 aliphatic heterocycles. The molecular formula is C22H25N3O2S. The Morgan fingerprint density at radius 3 is 2.50 bits per heavy atom. The second-order valence-corrected chi connectivity index (χ2v) is 8.50. The van der Waals surface area contributed by atoms with Gasteiger partial charge in [0, 0.05) is 12.1 Å². The molecule has 1 fully saturated rings. The van der Waals surface area contributed by atoms with Crippen molar-refractivity contribution in [2.24, 2.45) is 4.99 Å². The third kappa shape index (κ3) is 5.01. The zero-order valence-electron chi connectivity index (χ0n) is 16.6. The first-order valence-corrected chi connectivity index (χ1v) is 10.2. The van der Waals surface area contributed by atoms with Crippen molar-refractivity contribution in [3.8, 4) is 0 Å². The van der Waals surface area contributed by atoms with E-state index in [0.717, 1.165) is 16.9 Å². The fourth-order valence-corrected chi connectivity index (χ4v) is 3.83. The van der Waals surface area contributed by atoms with Crippen molar-refractivity contribution in [3.63, 3.8) is 0 Å². The fourth-order valence-electron chi connectivity index (χ4n) is 2.83. The summed E-state index contributed by atoms with van der Waals surface area (Å²) in [6, 6.07) is 13.7. The number of amides is 2. The van der Waals surface area contributed by atoms with Gasteiger partial charge in [-0.05, 0) is 60.7 Å². The molecule has 0 aliphatic carbocycles. The number of amidine groups is 1. The quantitative estimate of drug-likeness (QED) is 0.790. The molecule has 28 heavy (non-hydrogen) atoms. The Morgan fingerprint density at radius 1 is 1.14 bits per heavy atom. The van der Waals surface area contributed by atoms with Crippen molar-refractivity contribution in [1.82, 2.24) is 5.32 Å². The molecule has 1 atom stereocenters. The Labute approximate surface area is 170 Å². The van der Waals surface area contributed by atoms with Crippen molar-refractivity contribution in [2.45, 2.75) is 45.3 Å². The number of aliphatic imine (C=N–C) groups is 1. The molecule has 2 N–H and O–H groups in total. The maximum Gasteiger partial charge on any atom is 0.238 e. The van der Waals surface area contributed by atoms with Gasteiger partial charge >= 0.3 is 0 Å². The van der Waals surface area contributed by atoms with Gasteiger partial charge in [0.05, 0.1) is 5.69 Å². The monoisotopic (exact) mass is 395 g/mol. The summed E-state index contributed by atoms with van der Waals surface area (Å²) in [6.07, 6.45) is 0.131. The molecule has 1 aliphatic rings. The van der Waals surface area contributed by atoms with Gasteiger partial charge in [-0.25, -0.2) is 4.99 Å². The van der Waals surface area contributed by atoms with Crippen LogP contribution >= 0.6 is 11.8 Å². The highest BCUT2D eigenvalue weighted by molar-refractivity contribution is 8.15. The van der Waals surface area contributed by atoms with Crippen LogP contribution in [0.2, 0.25) is 0 Å². The molecule has 2 aromatic carbocycles. The molecule has 6 heteroatoms. The van der Waals surface area contributed by atoms with Crippen LogP contribution in [0.4, 0.5) is 11.4 Å². The SMILES string of the molecule is Cc1ccc(N=C2NC(=O)C[C@@H](C(=O)Nc3ccc(C(C)C)cc3)S2)cc1C. The maximum absolute atomic E-state index is 12.7. The van der Waals surface area contributed by atoms with Crippen molar-refractivity contribution < 1.29 is 9.59 Å². The number of nitrogens with zero attached hydrogens (tertiary/aromatic N) is 1. The molecule has 0 bridgehead atoms. The number of hydrogen-bond acceptors (Lipinski definition) is 4. The van der Waals surface area contributed by atoms with Crippen LogP contribution in [-0.4, -0.2) is 22.2 Å². The molecule has 3 rings (SSSR count).